The van der Waals surface area contributed by atoms with Gasteiger partial charge in [0.1, 0.15) is 5.75 Å². The molecule has 0 aliphatic rings. The highest BCUT2D eigenvalue weighted by molar-refractivity contribution is 5.73. The lowest BCUT2D eigenvalue weighted by atomic mass is 9.97. The topological polar surface area (TPSA) is 21.3 Å². The molecule has 0 heterocycles. The first-order chi connectivity index (χ1) is 9.67. The number of benzene rings is 2. The van der Waals surface area contributed by atoms with Crippen LogP contribution in [0.5, 0.6) is 5.75 Å². The molecule has 2 heteroatoms. The van der Waals surface area contributed by atoms with E-state index in [4.69, 9.17) is 4.74 Å². The van der Waals surface area contributed by atoms with Gasteiger partial charge in [-0.3, -0.25) is 0 Å². The average Bonchev–Trinajstić information content (AvgIpc) is 2.48. The zero-order valence-electron chi connectivity index (χ0n) is 12.8. The summed E-state index contributed by atoms with van der Waals surface area (Å²) in [5.74, 6) is 0.977. The largest absolute Gasteiger partial charge is 0.496 e. The van der Waals surface area contributed by atoms with Crippen LogP contribution in [0.4, 0.5) is 0 Å². The summed E-state index contributed by atoms with van der Waals surface area (Å²) in [5, 5.41) is 3.36. The van der Waals surface area contributed by atoms with Crippen LogP contribution in [0.2, 0.25) is 0 Å². The molecule has 0 fully saturated rings. The number of aryl methyl sites for hydroxylation is 1. The van der Waals surface area contributed by atoms with Gasteiger partial charge in [0.2, 0.25) is 0 Å². The Morgan fingerprint density at radius 3 is 2.60 bits per heavy atom. The predicted molar refractivity (Wildman–Crippen MR) is 85.3 cm³/mol. The van der Waals surface area contributed by atoms with Crippen LogP contribution < -0.4 is 10.1 Å². The van der Waals surface area contributed by atoms with Gasteiger partial charge < -0.3 is 10.1 Å². The van der Waals surface area contributed by atoms with E-state index >= 15 is 0 Å². The van der Waals surface area contributed by atoms with Crippen molar-refractivity contribution in [3.05, 3.63) is 53.1 Å². The summed E-state index contributed by atoms with van der Waals surface area (Å²) in [5.41, 5.74) is 6.13. The third kappa shape index (κ3) is 3.02. The fraction of sp³-hybridized carbons (Fsp3) is 0.333. The van der Waals surface area contributed by atoms with Crippen LogP contribution >= 0.6 is 0 Å². The smallest absolute Gasteiger partial charge is 0.129 e. The molecular weight excluding hydrogens is 246 g/mol. The number of nitrogens with one attached hydrogen (secondary N) is 1. The van der Waals surface area contributed by atoms with Crippen LogP contribution in [0, 0.1) is 13.8 Å². The Labute approximate surface area is 121 Å². The number of methoxy groups -OCH3 is 1. The summed E-state index contributed by atoms with van der Waals surface area (Å²) in [6.07, 6.45) is 0. The van der Waals surface area contributed by atoms with Gasteiger partial charge in [-0.25, -0.2) is 0 Å². The number of ether oxygens (including phenoxy) is 1. The van der Waals surface area contributed by atoms with Gasteiger partial charge in [0, 0.05) is 12.1 Å². The van der Waals surface area contributed by atoms with Crippen molar-refractivity contribution >= 4 is 0 Å². The molecule has 0 aliphatic carbocycles. The zero-order chi connectivity index (χ0) is 14.5. The molecule has 2 aromatic carbocycles. The average molecular weight is 269 g/mol. The van der Waals surface area contributed by atoms with Crippen molar-refractivity contribution in [2.45, 2.75) is 27.3 Å². The minimum atomic E-state index is 0.900. The molecule has 2 aromatic rings. The monoisotopic (exact) mass is 269 g/mol. The van der Waals surface area contributed by atoms with E-state index in [1.165, 1.54) is 22.3 Å². The lowest BCUT2D eigenvalue weighted by Crippen LogP contribution is -2.11. The van der Waals surface area contributed by atoms with Crippen LogP contribution in [0.3, 0.4) is 0 Å². The SMILES string of the molecule is CCNCc1cccc(-c2ccc(C)c(C)c2OC)c1. The van der Waals surface area contributed by atoms with Crippen molar-refractivity contribution in [3.63, 3.8) is 0 Å². The molecule has 0 saturated carbocycles. The third-order valence-electron chi connectivity index (χ3n) is 3.70. The van der Waals surface area contributed by atoms with Gasteiger partial charge >= 0.3 is 0 Å². The first kappa shape index (κ1) is 14.6. The summed E-state index contributed by atoms with van der Waals surface area (Å²) < 4.78 is 5.62. The molecule has 0 bridgehead atoms. The zero-order valence-corrected chi connectivity index (χ0v) is 12.8. The van der Waals surface area contributed by atoms with Crippen molar-refractivity contribution in [2.24, 2.45) is 0 Å². The van der Waals surface area contributed by atoms with Gasteiger partial charge in [-0.1, -0.05) is 37.3 Å². The second-order valence-electron chi connectivity index (χ2n) is 5.07. The van der Waals surface area contributed by atoms with Crippen LogP contribution in [-0.4, -0.2) is 13.7 Å². The maximum absolute atomic E-state index is 5.62. The van der Waals surface area contributed by atoms with E-state index in [9.17, 15) is 0 Å². The number of rotatable bonds is 5. The highest BCUT2D eigenvalue weighted by Gasteiger charge is 2.10. The molecule has 0 atom stereocenters. The van der Waals surface area contributed by atoms with E-state index in [2.05, 4.69) is 62.5 Å². The van der Waals surface area contributed by atoms with E-state index in [-0.39, 0.29) is 0 Å². The minimum Gasteiger partial charge on any atom is -0.496 e. The highest BCUT2D eigenvalue weighted by Crippen LogP contribution is 2.34. The van der Waals surface area contributed by atoms with Gasteiger partial charge in [0.05, 0.1) is 7.11 Å². The molecule has 0 amide bonds. The van der Waals surface area contributed by atoms with Gasteiger partial charge in [-0.15, -0.1) is 0 Å². The Kier molecular flexibility index (Phi) is 4.80. The second-order valence-corrected chi connectivity index (χ2v) is 5.07. The second kappa shape index (κ2) is 6.58. The van der Waals surface area contributed by atoms with Gasteiger partial charge in [-0.2, -0.15) is 0 Å². The molecule has 1 N–H and O–H groups in total. The normalized spacial score (nSPS) is 10.6. The highest BCUT2D eigenvalue weighted by atomic mass is 16.5. The molecule has 20 heavy (non-hydrogen) atoms. The fourth-order valence-corrected chi connectivity index (χ4v) is 2.40. The Balaban J connectivity index is 2.43. The van der Waals surface area contributed by atoms with Crippen molar-refractivity contribution in [2.75, 3.05) is 13.7 Å². The maximum atomic E-state index is 5.62. The van der Waals surface area contributed by atoms with Crippen molar-refractivity contribution in [3.8, 4) is 16.9 Å². The van der Waals surface area contributed by atoms with Crippen LogP contribution in [-0.2, 0) is 6.54 Å². The third-order valence-corrected chi connectivity index (χ3v) is 3.70. The lowest BCUT2D eigenvalue weighted by molar-refractivity contribution is 0.413. The Hall–Kier alpha value is -1.80. The molecule has 106 valence electrons. The number of hydrogen-bond donors (Lipinski definition) is 1. The lowest BCUT2D eigenvalue weighted by Gasteiger charge is -2.14. The Bertz CT molecular complexity index is 590. The first-order valence-electron chi connectivity index (χ1n) is 7.11. The van der Waals surface area contributed by atoms with Crippen molar-refractivity contribution < 1.29 is 4.74 Å². The van der Waals surface area contributed by atoms with E-state index in [0.717, 1.165) is 24.4 Å². The summed E-state index contributed by atoms with van der Waals surface area (Å²) >= 11 is 0. The van der Waals surface area contributed by atoms with E-state index in [1.807, 2.05) is 0 Å². The molecule has 0 aromatic heterocycles. The summed E-state index contributed by atoms with van der Waals surface area (Å²) in [4.78, 5) is 0. The molecule has 0 aliphatic heterocycles. The molecule has 0 unspecified atom stereocenters. The van der Waals surface area contributed by atoms with Crippen molar-refractivity contribution in [1.82, 2.24) is 5.32 Å². The molecule has 0 saturated heterocycles. The van der Waals surface area contributed by atoms with E-state index in [0.29, 0.717) is 0 Å². The molecule has 0 radical (unpaired) electrons. The van der Waals surface area contributed by atoms with Crippen LogP contribution in [0.15, 0.2) is 36.4 Å². The summed E-state index contributed by atoms with van der Waals surface area (Å²) in [7, 11) is 1.74. The summed E-state index contributed by atoms with van der Waals surface area (Å²) in [6.45, 7) is 8.23. The van der Waals surface area contributed by atoms with E-state index in [1.54, 1.807) is 7.11 Å². The summed E-state index contributed by atoms with van der Waals surface area (Å²) in [6, 6.07) is 12.9. The van der Waals surface area contributed by atoms with Crippen LogP contribution in [0.25, 0.3) is 11.1 Å². The quantitative estimate of drug-likeness (QED) is 0.882. The minimum absolute atomic E-state index is 0.900. The Morgan fingerprint density at radius 1 is 1.10 bits per heavy atom. The first-order valence-corrected chi connectivity index (χ1v) is 7.11. The van der Waals surface area contributed by atoms with Crippen molar-refractivity contribution in [1.29, 1.82) is 0 Å². The molecular formula is C18H23NO. The molecule has 2 rings (SSSR count). The van der Waals surface area contributed by atoms with Gasteiger partial charge in [0.15, 0.2) is 0 Å². The van der Waals surface area contributed by atoms with Gasteiger partial charge in [0.25, 0.3) is 0 Å². The molecule has 2 nitrogen and oxygen atoms in total. The fourth-order valence-electron chi connectivity index (χ4n) is 2.40. The standard InChI is InChI=1S/C18H23NO/c1-5-19-12-15-7-6-8-16(11-15)17-10-9-13(2)14(3)18(17)20-4/h6-11,19H,5,12H2,1-4H3. The number of hydrogen-bond acceptors (Lipinski definition) is 2. The predicted octanol–water partition coefficient (Wildman–Crippen LogP) is 4.09. The Morgan fingerprint density at radius 2 is 1.90 bits per heavy atom. The molecule has 0 spiro atoms. The van der Waals surface area contributed by atoms with E-state index < -0.39 is 0 Å². The van der Waals surface area contributed by atoms with Gasteiger partial charge in [-0.05, 0) is 48.7 Å². The maximum Gasteiger partial charge on any atom is 0.129 e. The van der Waals surface area contributed by atoms with Crippen LogP contribution in [0.1, 0.15) is 23.6 Å².